The van der Waals surface area contributed by atoms with E-state index in [1.807, 2.05) is 0 Å². The van der Waals surface area contributed by atoms with E-state index in [4.69, 9.17) is 15.3 Å². The summed E-state index contributed by atoms with van der Waals surface area (Å²) in [6, 6.07) is 0. The Hall–Kier alpha value is -1.10. The molecule has 1 atom stereocenters. The van der Waals surface area contributed by atoms with Gasteiger partial charge >= 0.3 is 11.9 Å². The van der Waals surface area contributed by atoms with Crippen molar-refractivity contribution < 1.29 is 24.9 Å². The van der Waals surface area contributed by atoms with Crippen molar-refractivity contribution in [3.05, 3.63) is 0 Å². The largest absolute Gasteiger partial charge is 0.481 e. The summed E-state index contributed by atoms with van der Waals surface area (Å²) in [5.74, 6) is -1.93. The fourth-order valence-corrected chi connectivity index (χ4v) is 0. The maximum absolute atomic E-state index is 9.45. The van der Waals surface area contributed by atoms with Crippen LogP contribution in [0.15, 0.2) is 0 Å². The van der Waals surface area contributed by atoms with Crippen LogP contribution >= 0.6 is 0 Å². The molecule has 0 aromatic heterocycles. The molecule has 5 heteroatoms. The van der Waals surface area contributed by atoms with Gasteiger partial charge in [0.25, 0.3) is 0 Å². The normalized spacial score (nSPS) is 10.8. The van der Waals surface area contributed by atoms with E-state index in [-0.39, 0.29) is 6.42 Å². The zero-order valence-electron chi connectivity index (χ0n) is 6.44. The fourth-order valence-electron chi connectivity index (χ4n) is 0. The van der Waals surface area contributed by atoms with Gasteiger partial charge in [0, 0.05) is 6.42 Å². The number of hydrogen-bond donors (Lipinski definition) is 3. The van der Waals surface area contributed by atoms with Crippen LogP contribution in [0.5, 0.6) is 0 Å². The molecule has 0 heterocycles. The molecule has 0 fully saturated rings. The first-order valence-corrected chi connectivity index (χ1v) is 3.04. The number of aliphatic hydroxyl groups excluding tert-OH is 1. The summed E-state index contributed by atoms with van der Waals surface area (Å²) in [6.45, 7) is 2.80. The summed E-state index contributed by atoms with van der Waals surface area (Å²) < 4.78 is 0. The molecule has 11 heavy (non-hydrogen) atoms. The molecule has 0 aromatic carbocycles. The third kappa shape index (κ3) is 17.6. The fraction of sp³-hybridized carbons (Fsp3) is 0.667. The SMILES string of the molecule is CC(O)C(=O)O.CCC(=O)O. The van der Waals surface area contributed by atoms with Gasteiger partial charge in [-0.3, -0.25) is 4.79 Å². The Balaban J connectivity index is 0. The summed E-state index contributed by atoms with van der Waals surface area (Å²) in [4.78, 5) is 18.8. The van der Waals surface area contributed by atoms with E-state index in [0.29, 0.717) is 0 Å². The van der Waals surface area contributed by atoms with Crippen molar-refractivity contribution in [3.63, 3.8) is 0 Å². The van der Waals surface area contributed by atoms with Crippen molar-refractivity contribution in [2.45, 2.75) is 26.4 Å². The summed E-state index contributed by atoms with van der Waals surface area (Å²) in [5, 5.41) is 23.5. The van der Waals surface area contributed by atoms with Crippen molar-refractivity contribution >= 4 is 11.9 Å². The van der Waals surface area contributed by atoms with Crippen molar-refractivity contribution in [2.75, 3.05) is 0 Å². The Morgan fingerprint density at radius 1 is 1.36 bits per heavy atom. The number of rotatable bonds is 2. The van der Waals surface area contributed by atoms with Crippen molar-refractivity contribution in [3.8, 4) is 0 Å². The van der Waals surface area contributed by atoms with Crippen LogP contribution in [-0.4, -0.2) is 33.4 Å². The summed E-state index contributed by atoms with van der Waals surface area (Å²) in [5.41, 5.74) is 0. The lowest BCUT2D eigenvalue weighted by Gasteiger charge is -1.89. The molecule has 3 N–H and O–H groups in total. The minimum atomic E-state index is -1.23. The van der Waals surface area contributed by atoms with Crippen LogP contribution in [-0.2, 0) is 9.59 Å². The molecule has 5 nitrogen and oxygen atoms in total. The van der Waals surface area contributed by atoms with Crippen LogP contribution in [0.1, 0.15) is 20.3 Å². The van der Waals surface area contributed by atoms with Crippen LogP contribution < -0.4 is 0 Å². The average molecular weight is 164 g/mol. The topological polar surface area (TPSA) is 94.8 Å². The summed E-state index contributed by atoms with van der Waals surface area (Å²) in [6.07, 6.45) is -1.01. The quantitative estimate of drug-likeness (QED) is 0.531. The Kier molecular flexibility index (Phi) is 8.01. The van der Waals surface area contributed by atoms with E-state index in [9.17, 15) is 9.59 Å². The van der Waals surface area contributed by atoms with E-state index in [1.54, 1.807) is 6.92 Å². The highest BCUT2D eigenvalue weighted by Crippen LogP contribution is 1.73. The second-order valence-corrected chi connectivity index (χ2v) is 1.76. The highest BCUT2D eigenvalue weighted by atomic mass is 16.4. The number of carboxylic acid groups (broad SMARTS) is 2. The minimum absolute atomic E-state index is 0.222. The van der Waals surface area contributed by atoms with Gasteiger partial charge in [-0.05, 0) is 6.92 Å². The van der Waals surface area contributed by atoms with Crippen molar-refractivity contribution in [1.82, 2.24) is 0 Å². The number of carboxylic acids is 2. The van der Waals surface area contributed by atoms with Gasteiger partial charge in [-0.25, -0.2) is 4.79 Å². The number of aliphatic hydroxyl groups is 1. The molecular weight excluding hydrogens is 152 g/mol. The molecule has 0 radical (unpaired) electrons. The van der Waals surface area contributed by atoms with Gasteiger partial charge in [-0.2, -0.15) is 0 Å². The van der Waals surface area contributed by atoms with Gasteiger partial charge in [0.05, 0.1) is 0 Å². The molecule has 0 saturated carbocycles. The molecule has 0 aromatic rings. The molecule has 0 rings (SSSR count). The lowest BCUT2D eigenvalue weighted by molar-refractivity contribution is -0.145. The first kappa shape index (κ1) is 12.6. The lowest BCUT2D eigenvalue weighted by atomic mass is 10.4. The third-order valence-corrected chi connectivity index (χ3v) is 0.660. The van der Waals surface area contributed by atoms with Gasteiger partial charge in [0.15, 0.2) is 0 Å². The first-order valence-electron chi connectivity index (χ1n) is 3.04. The second-order valence-electron chi connectivity index (χ2n) is 1.76. The maximum Gasteiger partial charge on any atom is 0.332 e. The number of carbonyl (C=O) groups is 2. The maximum atomic E-state index is 9.45. The molecule has 0 aliphatic carbocycles. The predicted octanol–water partition coefficient (Wildman–Crippen LogP) is -0.0672. The Morgan fingerprint density at radius 3 is 1.55 bits per heavy atom. The van der Waals surface area contributed by atoms with Crippen LogP contribution in [0.3, 0.4) is 0 Å². The van der Waals surface area contributed by atoms with Gasteiger partial charge in [0.2, 0.25) is 0 Å². The summed E-state index contributed by atoms with van der Waals surface area (Å²) in [7, 11) is 0. The highest BCUT2D eigenvalue weighted by Gasteiger charge is 2.01. The monoisotopic (exact) mass is 164 g/mol. The first-order chi connectivity index (χ1) is 4.91. The van der Waals surface area contributed by atoms with E-state index < -0.39 is 18.0 Å². The molecular formula is C6H12O5. The van der Waals surface area contributed by atoms with Gasteiger partial charge in [-0.15, -0.1) is 0 Å². The van der Waals surface area contributed by atoms with Gasteiger partial charge < -0.3 is 15.3 Å². The van der Waals surface area contributed by atoms with Gasteiger partial charge in [-0.1, -0.05) is 6.92 Å². The van der Waals surface area contributed by atoms with Gasteiger partial charge in [0.1, 0.15) is 6.10 Å². The van der Waals surface area contributed by atoms with Crippen LogP contribution in [0.4, 0.5) is 0 Å². The van der Waals surface area contributed by atoms with E-state index in [2.05, 4.69) is 0 Å². The Labute approximate surface area is 64.3 Å². The molecule has 1 unspecified atom stereocenters. The Bertz CT molecular complexity index is 129. The standard InChI is InChI=1S/C3H6O3.C3H6O2/c1-2(4)3(5)6;1-2-3(4)5/h2,4H,1H3,(H,5,6);2H2,1H3,(H,4,5). The number of hydrogen-bond acceptors (Lipinski definition) is 3. The van der Waals surface area contributed by atoms with E-state index in [0.717, 1.165) is 0 Å². The van der Waals surface area contributed by atoms with E-state index in [1.165, 1.54) is 6.92 Å². The average Bonchev–Trinajstić information content (AvgIpc) is 1.89. The van der Waals surface area contributed by atoms with Crippen LogP contribution in [0.2, 0.25) is 0 Å². The lowest BCUT2D eigenvalue weighted by Crippen LogP contribution is -2.13. The van der Waals surface area contributed by atoms with Crippen LogP contribution in [0.25, 0.3) is 0 Å². The van der Waals surface area contributed by atoms with Crippen molar-refractivity contribution in [2.24, 2.45) is 0 Å². The molecule has 66 valence electrons. The molecule has 0 amide bonds. The molecule has 0 aliphatic heterocycles. The molecule has 0 bridgehead atoms. The summed E-state index contributed by atoms with van der Waals surface area (Å²) >= 11 is 0. The van der Waals surface area contributed by atoms with Crippen LogP contribution in [0, 0.1) is 0 Å². The molecule has 0 saturated heterocycles. The predicted molar refractivity (Wildman–Crippen MR) is 37.2 cm³/mol. The van der Waals surface area contributed by atoms with E-state index >= 15 is 0 Å². The zero-order chi connectivity index (χ0) is 9.44. The van der Waals surface area contributed by atoms with Crippen molar-refractivity contribution in [1.29, 1.82) is 0 Å². The highest BCUT2D eigenvalue weighted by molar-refractivity contribution is 5.71. The molecule has 0 aliphatic rings. The molecule has 0 spiro atoms. The minimum Gasteiger partial charge on any atom is -0.481 e. The smallest absolute Gasteiger partial charge is 0.332 e. The Morgan fingerprint density at radius 2 is 1.55 bits per heavy atom. The number of aliphatic carboxylic acids is 2. The second kappa shape index (κ2) is 7.01. The zero-order valence-corrected chi connectivity index (χ0v) is 6.44. The third-order valence-electron chi connectivity index (χ3n) is 0.660.